The molecule has 12 heteroatoms. The summed E-state index contributed by atoms with van der Waals surface area (Å²) in [6.07, 6.45) is -3.69. The van der Waals surface area contributed by atoms with Gasteiger partial charge in [0.25, 0.3) is 5.91 Å². The van der Waals surface area contributed by atoms with Crippen LogP contribution in [0.25, 0.3) is 0 Å². The quantitative estimate of drug-likeness (QED) is 0.586. The number of nitrogens with zero attached hydrogens (tertiary/aromatic N) is 3. The second-order valence-electron chi connectivity index (χ2n) is 8.86. The van der Waals surface area contributed by atoms with E-state index in [1.165, 1.54) is 0 Å². The van der Waals surface area contributed by atoms with E-state index in [4.69, 9.17) is 14.9 Å². The first-order valence-electron chi connectivity index (χ1n) is 11.0. The number of rotatable bonds is 5. The number of anilines is 1. The SMILES string of the molecule is CC(C)CNC(=O)N1CCc2cc(C(=O)N(C)C)c(NC(C)C)nc2CC1.O=C(O)C(F)(F)F. The van der Waals surface area contributed by atoms with Gasteiger partial charge in [0.15, 0.2) is 0 Å². The molecule has 192 valence electrons. The zero-order valence-corrected chi connectivity index (χ0v) is 20.4. The molecule has 0 bridgehead atoms. The molecule has 3 amide bonds. The Labute approximate surface area is 197 Å². The number of carbonyl (C=O) groups excluding carboxylic acids is 2. The Morgan fingerprint density at radius 1 is 1.15 bits per heavy atom. The summed E-state index contributed by atoms with van der Waals surface area (Å²) in [6.45, 7) is 10.1. The highest BCUT2D eigenvalue weighted by Crippen LogP contribution is 2.23. The summed E-state index contributed by atoms with van der Waals surface area (Å²) >= 11 is 0. The van der Waals surface area contributed by atoms with Crippen molar-refractivity contribution in [1.82, 2.24) is 20.1 Å². The first-order chi connectivity index (χ1) is 15.6. The molecule has 2 heterocycles. The number of urea groups is 1. The van der Waals surface area contributed by atoms with Gasteiger partial charge in [0, 0.05) is 51.9 Å². The van der Waals surface area contributed by atoms with E-state index in [-0.39, 0.29) is 18.0 Å². The average molecular weight is 490 g/mol. The Hall–Kier alpha value is -3.05. The topological polar surface area (TPSA) is 115 Å². The monoisotopic (exact) mass is 489 g/mol. The van der Waals surface area contributed by atoms with E-state index >= 15 is 0 Å². The van der Waals surface area contributed by atoms with Crippen molar-refractivity contribution in [2.45, 2.75) is 52.8 Å². The second kappa shape index (κ2) is 12.4. The van der Waals surface area contributed by atoms with E-state index < -0.39 is 12.1 Å². The van der Waals surface area contributed by atoms with Crippen molar-refractivity contribution in [2.75, 3.05) is 39.0 Å². The Kier molecular flexibility index (Phi) is 10.6. The summed E-state index contributed by atoms with van der Waals surface area (Å²) in [7, 11) is 3.49. The lowest BCUT2D eigenvalue weighted by atomic mass is 10.0. The van der Waals surface area contributed by atoms with Crippen LogP contribution in [0.3, 0.4) is 0 Å². The standard InChI is InChI=1S/C20H33N5O2.C2HF3O2/c1-13(2)12-21-20(27)25-9-7-15-11-16(19(26)24(5)6)18(22-14(3)4)23-17(15)8-10-25;3-2(4,5)1(6)7/h11,13-14H,7-10,12H2,1-6H3,(H,21,27)(H,22,23);(H,6,7). The number of aliphatic carboxylic acids is 1. The molecule has 0 atom stereocenters. The smallest absolute Gasteiger partial charge is 0.475 e. The van der Waals surface area contributed by atoms with Crippen LogP contribution in [0.4, 0.5) is 23.8 Å². The van der Waals surface area contributed by atoms with E-state index in [0.29, 0.717) is 49.8 Å². The number of carboxylic acids is 1. The lowest BCUT2D eigenvalue weighted by Crippen LogP contribution is -2.42. The molecule has 1 aromatic heterocycles. The fourth-order valence-electron chi connectivity index (χ4n) is 3.03. The van der Waals surface area contributed by atoms with Gasteiger partial charge in [-0.3, -0.25) is 4.79 Å². The summed E-state index contributed by atoms with van der Waals surface area (Å²) in [5.41, 5.74) is 2.60. The van der Waals surface area contributed by atoms with E-state index in [2.05, 4.69) is 24.5 Å². The maximum absolute atomic E-state index is 12.6. The predicted molar refractivity (Wildman–Crippen MR) is 122 cm³/mol. The molecule has 34 heavy (non-hydrogen) atoms. The Bertz CT molecular complexity index is 873. The highest BCUT2D eigenvalue weighted by molar-refractivity contribution is 5.98. The number of hydrogen-bond donors (Lipinski definition) is 3. The zero-order chi connectivity index (χ0) is 26.2. The number of carbonyl (C=O) groups is 3. The van der Waals surface area contributed by atoms with Gasteiger partial charge in [-0.15, -0.1) is 0 Å². The molecule has 1 aromatic rings. The lowest BCUT2D eigenvalue weighted by Gasteiger charge is -2.21. The minimum absolute atomic E-state index is 0.0263. The molecule has 3 N–H and O–H groups in total. The van der Waals surface area contributed by atoms with Gasteiger partial charge in [0.1, 0.15) is 5.82 Å². The molecule has 1 aliphatic rings. The molecular formula is C22H34F3N5O4. The first kappa shape index (κ1) is 29.0. The van der Waals surface area contributed by atoms with Crippen molar-refractivity contribution in [3.05, 3.63) is 22.9 Å². The van der Waals surface area contributed by atoms with Gasteiger partial charge < -0.3 is 25.5 Å². The van der Waals surface area contributed by atoms with Gasteiger partial charge in [-0.25, -0.2) is 14.6 Å². The highest BCUT2D eigenvalue weighted by Gasteiger charge is 2.38. The van der Waals surface area contributed by atoms with Crippen LogP contribution in [-0.2, 0) is 17.6 Å². The predicted octanol–water partition coefficient (Wildman–Crippen LogP) is 3.00. The molecule has 0 aliphatic carbocycles. The summed E-state index contributed by atoms with van der Waals surface area (Å²) in [4.78, 5) is 42.1. The number of amides is 3. The molecular weight excluding hydrogens is 455 g/mol. The average Bonchev–Trinajstić information content (AvgIpc) is 2.92. The number of halogens is 3. The van der Waals surface area contributed by atoms with Crippen LogP contribution in [0.5, 0.6) is 0 Å². The van der Waals surface area contributed by atoms with Crippen molar-refractivity contribution in [1.29, 1.82) is 0 Å². The second-order valence-corrected chi connectivity index (χ2v) is 8.86. The molecule has 0 radical (unpaired) electrons. The lowest BCUT2D eigenvalue weighted by molar-refractivity contribution is -0.192. The minimum atomic E-state index is -5.08. The van der Waals surface area contributed by atoms with Crippen LogP contribution in [0, 0.1) is 5.92 Å². The fraction of sp³-hybridized carbons (Fsp3) is 0.636. The molecule has 0 saturated heterocycles. The number of pyridine rings is 1. The third kappa shape index (κ3) is 9.06. The van der Waals surface area contributed by atoms with Crippen LogP contribution in [0.15, 0.2) is 6.07 Å². The van der Waals surface area contributed by atoms with E-state index in [1.807, 2.05) is 24.8 Å². The van der Waals surface area contributed by atoms with Crippen molar-refractivity contribution >= 4 is 23.7 Å². The van der Waals surface area contributed by atoms with Crippen LogP contribution in [0.2, 0.25) is 0 Å². The highest BCUT2D eigenvalue weighted by atomic mass is 19.4. The van der Waals surface area contributed by atoms with Gasteiger partial charge in [-0.1, -0.05) is 13.8 Å². The molecule has 2 rings (SSSR count). The van der Waals surface area contributed by atoms with Gasteiger partial charge in [-0.2, -0.15) is 13.2 Å². The van der Waals surface area contributed by atoms with Crippen LogP contribution < -0.4 is 10.6 Å². The van der Waals surface area contributed by atoms with E-state index in [0.717, 1.165) is 11.3 Å². The molecule has 0 fully saturated rings. The third-order valence-corrected chi connectivity index (χ3v) is 4.71. The molecule has 0 saturated carbocycles. The number of nitrogens with one attached hydrogen (secondary N) is 2. The molecule has 0 unspecified atom stereocenters. The van der Waals surface area contributed by atoms with Gasteiger partial charge in [0.2, 0.25) is 0 Å². The normalized spacial score (nSPS) is 13.4. The molecule has 1 aliphatic heterocycles. The van der Waals surface area contributed by atoms with Crippen molar-refractivity contribution in [2.24, 2.45) is 5.92 Å². The minimum Gasteiger partial charge on any atom is -0.475 e. The molecule has 0 spiro atoms. The summed E-state index contributed by atoms with van der Waals surface area (Å²) in [5, 5.41) is 13.4. The number of hydrogen-bond acceptors (Lipinski definition) is 5. The number of fused-ring (bicyclic) bond motifs is 1. The van der Waals surface area contributed by atoms with Crippen LogP contribution in [-0.4, -0.2) is 83.7 Å². The molecule has 9 nitrogen and oxygen atoms in total. The largest absolute Gasteiger partial charge is 0.490 e. The fourth-order valence-corrected chi connectivity index (χ4v) is 3.03. The Balaban J connectivity index is 0.000000718. The summed E-state index contributed by atoms with van der Waals surface area (Å²) in [5.74, 6) is -1.78. The molecule has 0 aromatic carbocycles. The van der Waals surface area contributed by atoms with Crippen LogP contribution >= 0.6 is 0 Å². The number of carboxylic acid groups (broad SMARTS) is 1. The van der Waals surface area contributed by atoms with E-state index in [9.17, 15) is 22.8 Å². The first-order valence-corrected chi connectivity index (χ1v) is 11.0. The van der Waals surface area contributed by atoms with Gasteiger partial charge in [-0.05, 0) is 37.8 Å². The Morgan fingerprint density at radius 3 is 2.18 bits per heavy atom. The van der Waals surface area contributed by atoms with Crippen molar-refractivity contribution in [3.63, 3.8) is 0 Å². The van der Waals surface area contributed by atoms with Crippen molar-refractivity contribution in [3.8, 4) is 0 Å². The maximum atomic E-state index is 12.6. The third-order valence-electron chi connectivity index (χ3n) is 4.71. The van der Waals surface area contributed by atoms with Crippen molar-refractivity contribution < 1.29 is 32.7 Å². The maximum Gasteiger partial charge on any atom is 0.490 e. The number of aromatic nitrogens is 1. The van der Waals surface area contributed by atoms with E-state index in [1.54, 1.807) is 19.0 Å². The van der Waals surface area contributed by atoms with Crippen LogP contribution in [0.1, 0.15) is 49.3 Å². The van der Waals surface area contributed by atoms with Gasteiger partial charge in [0.05, 0.1) is 5.56 Å². The number of alkyl halides is 3. The summed E-state index contributed by atoms with van der Waals surface area (Å²) in [6, 6.07) is 2.10. The van der Waals surface area contributed by atoms with Gasteiger partial charge >= 0.3 is 18.2 Å². The summed E-state index contributed by atoms with van der Waals surface area (Å²) < 4.78 is 31.7. The Morgan fingerprint density at radius 2 is 1.71 bits per heavy atom. The zero-order valence-electron chi connectivity index (χ0n) is 20.4.